The lowest BCUT2D eigenvalue weighted by Gasteiger charge is -2.16. The van der Waals surface area contributed by atoms with Gasteiger partial charge < -0.3 is 15.5 Å². The van der Waals surface area contributed by atoms with Crippen LogP contribution in [0.25, 0.3) is 0 Å². The molecule has 0 fully saturated rings. The molecule has 1 aromatic rings. The van der Waals surface area contributed by atoms with E-state index in [0.717, 1.165) is 12.1 Å². The summed E-state index contributed by atoms with van der Waals surface area (Å²) < 4.78 is 23.5. The summed E-state index contributed by atoms with van der Waals surface area (Å²) in [5.74, 6) is -0.449. The van der Waals surface area contributed by atoms with Gasteiger partial charge in [0.05, 0.1) is 5.66 Å². The Morgan fingerprint density at radius 1 is 1.36 bits per heavy atom. The van der Waals surface area contributed by atoms with Gasteiger partial charge in [0, 0.05) is 6.54 Å². The molecule has 14 heavy (non-hydrogen) atoms. The maximum atomic E-state index is 12.5. The van der Waals surface area contributed by atoms with E-state index in [4.69, 9.17) is 15.5 Å². The minimum Gasteiger partial charge on any atom is -0.329 e. The van der Waals surface area contributed by atoms with Crippen molar-refractivity contribution in [1.82, 2.24) is 0 Å². The fourth-order valence-corrected chi connectivity index (χ4v) is 1.99. The van der Waals surface area contributed by atoms with Gasteiger partial charge in [0.25, 0.3) is 0 Å². The highest BCUT2D eigenvalue weighted by Crippen LogP contribution is 2.50. The molecular weight excluding hydrogens is 208 g/mol. The summed E-state index contributed by atoms with van der Waals surface area (Å²) in [7, 11) is -4.26. The maximum absolute atomic E-state index is 12.5. The summed E-state index contributed by atoms with van der Waals surface area (Å²) in [6.45, 7) is -0.171. The van der Waals surface area contributed by atoms with Crippen LogP contribution in [0.5, 0.6) is 0 Å². The zero-order chi connectivity index (χ0) is 10.8. The molecule has 1 atom stereocenters. The van der Waals surface area contributed by atoms with Gasteiger partial charge in [-0.05, 0) is 17.7 Å². The van der Waals surface area contributed by atoms with Gasteiger partial charge in [0.15, 0.2) is 0 Å². The predicted octanol–water partition coefficient (Wildman–Crippen LogP) is 1.00. The molecule has 0 heterocycles. The zero-order valence-corrected chi connectivity index (χ0v) is 8.19. The number of benzene rings is 1. The third-order valence-electron chi connectivity index (χ3n) is 1.88. The first-order valence-electron chi connectivity index (χ1n) is 3.96. The van der Waals surface area contributed by atoms with E-state index < -0.39 is 19.1 Å². The highest BCUT2D eigenvalue weighted by atomic mass is 31.2. The van der Waals surface area contributed by atoms with Gasteiger partial charge in [-0.3, -0.25) is 4.57 Å². The first-order valence-corrected chi connectivity index (χ1v) is 5.64. The van der Waals surface area contributed by atoms with Crippen molar-refractivity contribution in [1.29, 1.82) is 0 Å². The Morgan fingerprint density at radius 3 is 2.21 bits per heavy atom. The van der Waals surface area contributed by atoms with Crippen molar-refractivity contribution in [3.63, 3.8) is 0 Å². The maximum Gasteiger partial charge on any atom is 0.334 e. The molecule has 0 bridgehead atoms. The number of halogens is 1. The van der Waals surface area contributed by atoms with Gasteiger partial charge in [-0.2, -0.15) is 0 Å². The quantitative estimate of drug-likeness (QED) is 0.662. The summed E-state index contributed by atoms with van der Waals surface area (Å²) in [5.41, 5.74) is 4.54. The third kappa shape index (κ3) is 2.62. The zero-order valence-electron chi connectivity index (χ0n) is 7.30. The largest absolute Gasteiger partial charge is 0.334 e. The Labute approximate surface area is 80.7 Å². The summed E-state index contributed by atoms with van der Waals surface area (Å²) in [6.07, 6.45) is 0. The van der Waals surface area contributed by atoms with Crippen LogP contribution < -0.4 is 5.73 Å². The molecular formula is C8H11FNO3P. The Kier molecular flexibility index (Phi) is 3.39. The third-order valence-corrected chi connectivity index (χ3v) is 3.21. The summed E-state index contributed by atoms with van der Waals surface area (Å²) in [4.78, 5) is 17.9. The highest BCUT2D eigenvalue weighted by molar-refractivity contribution is 7.52. The second kappa shape index (κ2) is 4.19. The van der Waals surface area contributed by atoms with E-state index in [0.29, 0.717) is 5.56 Å². The molecule has 0 aromatic heterocycles. The van der Waals surface area contributed by atoms with Crippen molar-refractivity contribution < 1.29 is 18.7 Å². The van der Waals surface area contributed by atoms with E-state index in [9.17, 15) is 8.96 Å². The molecule has 0 spiro atoms. The van der Waals surface area contributed by atoms with Crippen LogP contribution in [0.3, 0.4) is 0 Å². The van der Waals surface area contributed by atoms with Gasteiger partial charge in [-0.15, -0.1) is 0 Å². The van der Waals surface area contributed by atoms with E-state index in [-0.39, 0.29) is 6.54 Å². The molecule has 0 saturated carbocycles. The van der Waals surface area contributed by atoms with Crippen LogP contribution in [0.1, 0.15) is 11.2 Å². The molecule has 0 aliphatic heterocycles. The van der Waals surface area contributed by atoms with Crippen LogP contribution >= 0.6 is 7.60 Å². The molecule has 1 unspecified atom stereocenters. The van der Waals surface area contributed by atoms with E-state index in [1.165, 1.54) is 12.1 Å². The van der Waals surface area contributed by atoms with Crippen molar-refractivity contribution in [2.75, 3.05) is 6.54 Å². The average Bonchev–Trinajstić information content (AvgIpc) is 2.07. The monoisotopic (exact) mass is 219 g/mol. The van der Waals surface area contributed by atoms with Gasteiger partial charge in [-0.25, -0.2) is 4.39 Å². The molecule has 4 N–H and O–H groups in total. The van der Waals surface area contributed by atoms with Crippen LogP contribution in [-0.4, -0.2) is 16.3 Å². The van der Waals surface area contributed by atoms with Crippen LogP contribution in [0.15, 0.2) is 24.3 Å². The van der Waals surface area contributed by atoms with E-state index in [2.05, 4.69) is 0 Å². The molecule has 0 radical (unpaired) electrons. The lowest BCUT2D eigenvalue weighted by atomic mass is 10.1. The average molecular weight is 219 g/mol. The predicted molar refractivity (Wildman–Crippen MR) is 50.2 cm³/mol. The Morgan fingerprint density at radius 2 is 1.86 bits per heavy atom. The normalized spacial score (nSPS) is 14.0. The minimum absolute atomic E-state index is 0.171. The summed E-state index contributed by atoms with van der Waals surface area (Å²) in [6, 6.07) is 4.94. The highest BCUT2D eigenvalue weighted by Gasteiger charge is 2.28. The molecule has 78 valence electrons. The first kappa shape index (κ1) is 11.3. The van der Waals surface area contributed by atoms with E-state index in [1.54, 1.807) is 0 Å². The summed E-state index contributed by atoms with van der Waals surface area (Å²) >= 11 is 0. The van der Waals surface area contributed by atoms with E-state index >= 15 is 0 Å². The van der Waals surface area contributed by atoms with Gasteiger partial charge >= 0.3 is 7.60 Å². The number of rotatable bonds is 3. The molecule has 1 rings (SSSR count). The standard InChI is InChI=1S/C8H11FNO3P/c9-7-3-1-6(2-4-7)8(5-10)14(11,12)13/h1-4,8H,5,10H2,(H2,11,12,13). The smallest absolute Gasteiger partial charge is 0.329 e. The molecule has 1 aromatic carbocycles. The number of hydrogen-bond acceptors (Lipinski definition) is 2. The van der Waals surface area contributed by atoms with Crippen molar-refractivity contribution >= 4 is 7.60 Å². The van der Waals surface area contributed by atoms with Crippen LogP contribution in [0.4, 0.5) is 4.39 Å². The minimum atomic E-state index is -4.26. The fourth-order valence-electron chi connectivity index (χ4n) is 1.15. The molecule has 0 amide bonds. The second-order valence-corrected chi connectivity index (χ2v) is 4.69. The number of hydrogen-bond donors (Lipinski definition) is 3. The second-order valence-electron chi connectivity index (χ2n) is 2.89. The molecule has 0 saturated heterocycles. The Balaban J connectivity index is 3.02. The van der Waals surface area contributed by atoms with Crippen LogP contribution in [0, 0.1) is 5.82 Å². The van der Waals surface area contributed by atoms with E-state index in [1.807, 2.05) is 0 Å². The van der Waals surface area contributed by atoms with Crippen LogP contribution in [-0.2, 0) is 4.57 Å². The number of nitrogens with two attached hydrogens (primary N) is 1. The molecule has 0 aliphatic carbocycles. The van der Waals surface area contributed by atoms with Crippen LogP contribution in [0.2, 0.25) is 0 Å². The van der Waals surface area contributed by atoms with Gasteiger partial charge in [0.2, 0.25) is 0 Å². The molecule has 4 nitrogen and oxygen atoms in total. The molecule has 0 aliphatic rings. The van der Waals surface area contributed by atoms with Crippen molar-refractivity contribution in [2.45, 2.75) is 5.66 Å². The van der Waals surface area contributed by atoms with Gasteiger partial charge in [0.1, 0.15) is 5.82 Å². The molecule has 6 heteroatoms. The topological polar surface area (TPSA) is 83.6 Å². The van der Waals surface area contributed by atoms with Crippen molar-refractivity contribution in [3.05, 3.63) is 35.6 Å². The lowest BCUT2D eigenvalue weighted by molar-refractivity contribution is 0.359. The Bertz CT molecular complexity index is 348. The SMILES string of the molecule is NCC(c1ccc(F)cc1)P(=O)(O)O. The van der Waals surface area contributed by atoms with Crippen molar-refractivity contribution in [3.8, 4) is 0 Å². The van der Waals surface area contributed by atoms with Gasteiger partial charge in [-0.1, -0.05) is 12.1 Å². The lowest BCUT2D eigenvalue weighted by Crippen LogP contribution is -2.12. The van der Waals surface area contributed by atoms with Crippen molar-refractivity contribution in [2.24, 2.45) is 5.73 Å². The first-order chi connectivity index (χ1) is 6.45. The fraction of sp³-hybridized carbons (Fsp3) is 0.250. The summed E-state index contributed by atoms with van der Waals surface area (Å²) in [5, 5.41) is 0. The Hall–Kier alpha value is -0.740.